The van der Waals surface area contributed by atoms with Crippen molar-refractivity contribution in [1.82, 2.24) is 20.3 Å². The summed E-state index contributed by atoms with van der Waals surface area (Å²) in [6.45, 7) is 6.09. The molecule has 0 unspecified atom stereocenters. The zero-order valence-corrected chi connectivity index (χ0v) is 12.7. The molecule has 0 aliphatic heterocycles. The van der Waals surface area contributed by atoms with Crippen molar-refractivity contribution in [3.8, 4) is 11.5 Å². The van der Waals surface area contributed by atoms with Crippen molar-refractivity contribution in [2.75, 3.05) is 13.7 Å². The van der Waals surface area contributed by atoms with Gasteiger partial charge in [0, 0.05) is 18.8 Å². The molecule has 1 N–H and O–H groups in total. The van der Waals surface area contributed by atoms with Crippen molar-refractivity contribution in [2.24, 2.45) is 0 Å². The minimum Gasteiger partial charge on any atom is -0.493 e. The minimum absolute atomic E-state index is 0.434. The van der Waals surface area contributed by atoms with E-state index in [2.05, 4.69) is 29.5 Å². The van der Waals surface area contributed by atoms with Gasteiger partial charge in [-0.2, -0.15) is 0 Å². The lowest BCUT2D eigenvalue weighted by atomic mass is 10.3. The van der Waals surface area contributed by atoms with Gasteiger partial charge in [-0.1, -0.05) is 31.2 Å². The Kier molecular flexibility index (Phi) is 5.57. The van der Waals surface area contributed by atoms with E-state index in [1.807, 2.05) is 30.5 Å². The topological polar surface area (TPSA) is 61.2 Å². The molecule has 6 nitrogen and oxygen atoms in total. The summed E-state index contributed by atoms with van der Waals surface area (Å²) in [5, 5.41) is 11.5. The van der Waals surface area contributed by atoms with E-state index < -0.39 is 0 Å². The zero-order chi connectivity index (χ0) is 15.1. The molecule has 0 spiro atoms. The summed E-state index contributed by atoms with van der Waals surface area (Å²) in [6, 6.07) is 8.03. The number of benzene rings is 1. The molecule has 1 aromatic carbocycles. The van der Waals surface area contributed by atoms with Gasteiger partial charge < -0.3 is 14.8 Å². The number of rotatable bonds is 8. The highest BCUT2D eigenvalue weighted by molar-refractivity contribution is 5.39. The molecule has 1 heterocycles. The molecule has 0 aliphatic carbocycles. The molecule has 0 amide bonds. The second-order valence-electron chi connectivity index (χ2n) is 5.01. The van der Waals surface area contributed by atoms with Crippen LogP contribution in [-0.4, -0.2) is 34.8 Å². The van der Waals surface area contributed by atoms with Crippen LogP contribution < -0.4 is 14.8 Å². The molecule has 6 heteroatoms. The smallest absolute Gasteiger partial charge is 0.161 e. The third-order valence-electron chi connectivity index (χ3n) is 2.92. The molecular formula is C15H22N4O2. The average molecular weight is 290 g/mol. The minimum atomic E-state index is 0.434. The lowest BCUT2D eigenvalue weighted by Gasteiger charge is -2.09. The van der Waals surface area contributed by atoms with Crippen LogP contribution in [0.25, 0.3) is 0 Å². The summed E-state index contributed by atoms with van der Waals surface area (Å²) in [6.07, 6.45) is 1.93. The number of nitrogens with zero attached hydrogens (tertiary/aromatic N) is 3. The molecular weight excluding hydrogens is 268 g/mol. The molecule has 2 rings (SSSR count). The second kappa shape index (κ2) is 7.64. The Balaban J connectivity index is 1.81. The number of aromatic nitrogens is 3. The fourth-order valence-electron chi connectivity index (χ4n) is 1.82. The highest BCUT2D eigenvalue weighted by Crippen LogP contribution is 2.25. The van der Waals surface area contributed by atoms with Gasteiger partial charge in [-0.25, -0.2) is 4.68 Å². The molecule has 1 aromatic heterocycles. The van der Waals surface area contributed by atoms with Gasteiger partial charge in [0.1, 0.15) is 6.61 Å². The average Bonchev–Trinajstić information content (AvgIpc) is 2.93. The van der Waals surface area contributed by atoms with Gasteiger partial charge in [0.05, 0.1) is 19.3 Å². The number of hydrogen-bond donors (Lipinski definition) is 1. The third kappa shape index (κ3) is 4.75. The standard InChI is InChI=1S/C15H22N4O2/c1-12(2)16-10-13-11-19(18-17-13)8-9-21-15-7-5-4-6-14(15)20-3/h4-7,11-12,16H,8-10H2,1-3H3. The molecule has 0 atom stereocenters. The lowest BCUT2D eigenvalue weighted by molar-refractivity contribution is 0.273. The highest BCUT2D eigenvalue weighted by atomic mass is 16.5. The fourth-order valence-corrected chi connectivity index (χ4v) is 1.82. The van der Waals surface area contributed by atoms with Crippen molar-refractivity contribution >= 4 is 0 Å². The maximum absolute atomic E-state index is 5.71. The van der Waals surface area contributed by atoms with Crippen LogP contribution in [-0.2, 0) is 13.1 Å². The van der Waals surface area contributed by atoms with Crippen LogP contribution in [0.4, 0.5) is 0 Å². The summed E-state index contributed by atoms with van der Waals surface area (Å²) < 4.78 is 12.7. The van der Waals surface area contributed by atoms with Gasteiger partial charge in [-0.05, 0) is 12.1 Å². The van der Waals surface area contributed by atoms with E-state index in [1.54, 1.807) is 11.8 Å². The van der Waals surface area contributed by atoms with E-state index in [9.17, 15) is 0 Å². The normalized spacial score (nSPS) is 10.9. The van der Waals surface area contributed by atoms with E-state index in [0.717, 1.165) is 23.7 Å². The van der Waals surface area contributed by atoms with Crippen LogP contribution in [0, 0.1) is 0 Å². The number of hydrogen-bond acceptors (Lipinski definition) is 5. The number of methoxy groups -OCH3 is 1. The zero-order valence-electron chi connectivity index (χ0n) is 12.7. The third-order valence-corrected chi connectivity index (χ3v) is 2.92. The van der Waals surface area contributed by atoms with E-state index in [0.29, 0.717) is 19.2 Å². The van der Waals surface area contributed by atoms with Gasteiger partial charge in [-0.15, -0.1) is 5.10 Å². The van der Waals surface area contributed by atoms with Gasteiger partial charge in [0.25, 0.3) is 0 Å². The summed E-state index contributed by atoms with van der Waals surface area (Å²) >= 11 is 0. The fraction of sp³-hybridized carbons (Fsp3) is 0.467. The molecule has 0 bridgehead atoms. The first-order chi connectivity index (χ1) is 10.2. The summed E-state index contributed by atoms with van der Waals surface area (Å²) in [4.78, 5) is 0. The maximum Gasteiger partial charge on any atom is 0.161 e. The molecule has 21 heavy (non-hydrogen) atoms. The van der Waals surface area contributed by atoms with Crippen LogP contribution in [0.2, 0.25) is 0 Å². The number of para-hydroxylation sites is 2. The van der Waals surface area contributed by atoms with Crippen LogP contribution >= 0.6 is 0 Å². The largest absolute Gasteiger partial charge is 0.493 e. The first-order valence-electron chi connectivity index (χ1n) is 7.07. The van der Waals surface area contributed by atoms with E-state index in [4.69, 9.17) is 9.47 Å². The lowest BCUT2D eigenvalue weighted by Crippen LogP contribution is -2.21. The summed E-state index contributed by atoms with van der Waals surface area (Å²) in [5.41, 5.74) is 0.931. The predicted molar refractivity (Wildman–Crippen MR) is 80.5 cm³/mol. The van der Waals surface area contributed by atoms with Crippen molar-refractivity contribution in [3.05, 3.63) is 36.2 Å². The Bertz CT molecular complexity index is 554. The van der Waals surface area contributed by atoms with E-state index in [1.165, 1.54) is 0 Å². The van der Waals surface area contributed by atoms with Crippen molar-refractivity contribution in [2.45, 2.75) is 33.0 Å². The summed E-state index contributed by atoms with van der Waals surface area (Å²) in [7, 11) is 1.63. The van der Waals surface area contributed by atoms with Crippen LogP contribution in [0.3, 0.4) is 0 Å². The maximum atomic E-state index is 5.71. The summed E-state index contributed by atoms with van der Waals surface area (Å²) in [5.74, 6) is 1.47. The molecule has 2 aromatic rings. The van der Waals surface area contributed by atoms with Gasteiger partial charge >= 0.3 is 0 Å². The Hall–Kier alpha value is -2.08. The Morgan fingerprint density at radius 2 is 2.00 bits per heavy atom. The van der Waals surface area contributed by atoms with Gasteiger partial charge in [0.15, 0.2) is 11.5 Å². The number of nitrogens with one attached hydrogen (secondary N) is 1. The molecule has 0 saturated heterocycles. The predicted octanol–water partition coefficient (Wildman–Crippen LogP) is 1.86. The quantitative estimate of drug-likeness (QED) is 0.804. The van der Waals surface area contributed by atoms with Crippen LogP contribution in [0.1, 0.15) is 19.5 Å². The Morgan fingerprint density at radius 3 is 2.71 bits per heavy atom. The van der Waals surface area contributed by atoms with Crippen molar-refractivity contribution in [3.63, 3.8) is 0 Å². The first-order valence-corrected chi connectivity index (χ1v) is 7.07. The van der Waals surface area contributed by atoms with Gasteiger partial charge in [-0.3, -0.25) is 0 Å². The first kappa shape index (κ1) is 15.3. The second-order valence-corrected chi connectivity index (χ2v) is 5.01. The van der Waals surface area contributed by atoms with Gasteiger partial charge in [0.2, 0.25) is 0 Å². The molecule has 0 aliphatic rings. The SMILES string of the molecule is COc1ccccc1OCCn1cc(CNC(C)C)nn1. The van der Waals surface area contributed by atoms with E-state index in [-0.39, 0.29) is 0 Å². The highest BCUT2D eigenvalue weighted by Gasteiger charge is 2.04. The molecule has 0 saturated carbocycles. The Morgan fingerprint density at radius 1 is 1.24 bits per heavy atom. The number of ether oxygens (including phenoxy) is 2. The molecule has 0 radical (unpaired) electrons. The molecule has 114 valence electrons. The monoisotopic (exact) mass is 290 g/mol. The van der Waals surface area contributed by atoms with Crippen molar-refractivity contribution < 1.29 is 9.47 Å². The van der Waals surface area contributed by atoms with E-state index >= 15 is 0 Å². The van der Waals surface area contributed by atoms with Crippen LogP contribution in [0.15, 0.2) is 30.5 Å². The van der Waals surface area contributed by atoms with Crippen molar-refractivity contribution in [1.29, 1.82) is 0 Å². The van der Waals surface area contributed by atoms with Crippen LogP contribution in [0.5, 0.6) is 11.5 Å². The molecule has 0 fully saturated rings. The Labute approximate surface area is 125 Å².